The molecular formula is C17H18ClN3O2. The number of aryl methyl sites for hydroxylation is 1. The molecule has 2 amide bonds. The van der Waals surface area contributed by atoms with Crippen molar-refractivity contribution in [2.75, 3.05) is 29.6 Å². The summed E-state index contributed by atoms with van der Waals surface area (Å²) < 4.78 is 0. The van der Waals surface area contributed by atoms with Crippen molar-refractivity contribution in [3.8, 4) is 0 Å². The molecule has 120 valence electrons. The number of carbonyl (C=O) groups excluding carboxylic acids is 2. The van der Waals surface area contributed by atoms with Gasteiger partial charge >= 0.3 is 11.8 Å². The summed E-state index contributed by atoms with van der Waals surface area (Å²) in [5, 5.41) is 5.61. The SMILES string of the molecule is Cc1ccc(Cl)cc1NC(=O)C(=O)Nc1ccc(N(C)C)cc1. The zero-order chi connectivity index (χ0) is 17.0. The first kappa shape index (κ1) is 16.8. The Hall–Kier alpha value is -2.53. The van der Waals surface area contributed by atoms with E-state index in [1.165, 1.54) is 0 Å². The Bertz CT molecular complexity index is 727. The highest BCUT2D eigenvalue weighted by atomic mass is 35.5. The Morgan fingerprint density at radius 1 is 0.957 bits per heavy atom. The van der Waals surface area contributed by atoms with Gasteiger partial charge in [-0.15, -0.1) is 0 Å². The van der Waals surface area contributed by atoms with Gasteiger partial charge in [-0.2, -0.15) is 0 Å². The Kier molecular flexibility index (Phi) is 5.24. The van der Waals surface area contributed by atoms with Gasteiger partial charge < -0.3 is 15.5 Å². The molecule has 2 aromatic carbocycles. The molecule has 0 radical (unpaired) electrons. The molecule has 5 nitrogen and oxygen atoms in total. The molecule has 23 heavy (non-hydrogen) atoms. The number of hydrogen-bond donors (Lipinski definition) is 2. The van der Waals surface area contributed by atoms with Gasteiger partial charge in [-0.25, -0.2) is 0 Å². The summed E-state index contributed by atoms with van der Waals surface area (Å²) in [5.74, 6) is -1.48. The third kappa shape index (κ3) is 4.47. The minimum Gasteiger partial charge on any atom is -0.378 e. The van der Waals surface area contributed by atoms with E-state index in [-0.39, 0.29) is 0 Å². The van der Waals surface area contributed by atoms with Crippen LogP contribution in [0.3, 0.4) is 0 Å². The minimum absolute atomic E-state index is 0.491. The predicted octanol–water partition coefficient (Wildman–Crippen LogP) is 3.29. The lowest BCUT2D eigenvalue weighted by atomic mass is 10.2. The molecule has 0 atom stereocenters. The molecule has 0 unspecified atom stereocenters. The van der Waals surface area contributed by atoms with Crippen molar-refractivity contribution >= 4 is 40.5 Å². The maximum Gasteiger partial charge on any atom is 0.314 e. The zero-order valence-corrected chi connectivity index (χ0v) is 13.9. The number of rotatable bonds is 3. The first-order valence-electron chi connectivity index (χ1n) is 7.02. The van der Waals surface area contributed by atoms with E-state index >= 15 is 0 Å². The molecule has 0 bridgehead atoms. The molecule has 0 aliphatic heterocycles. The summed E-state index contributed by atoms with van der Waals surface area (Å²) in [7, 11) is 3.85. The topological polar surface area (TPSA) is 61.4 Å². The lowest BCUT2D eigenvalue weighted by Gasteiger charge is -2.13. The molecule has 0 spiro atoms. The highest BCUT2D eigenvalue weighted by molar-refractivity contribution is 6.43. The third-order valence-corrected chi connectivity index (χ3v) is 3.53. The molecule has 2 N–H and O–H groups in total. The van der Waals surface area contributed by atoms with Crippen LogP contribution in [0.25, 0.3) is 0 Å². The number of halogens is 1. The number of anilines is 3. The molecule has 0 saturated heterocycles. The van der Waals surface area contributed by atoms with E-state index in [2.05, 4.69) is 10.6 Å². The molecule has 6 heteroatoms. The fourth-order valence-electron chi connectivity index (χ4n) is 1.94. The zero-order valence-electron chi connectivity index (χ0n) is 13.2. The summed E-state index contributed by atoms with van der Waals surface area (Å²) in [4.78, 5) is 25.9. The van der Waals surface area contributed by atoms with Crippen LogP contribution in [0.5, 0.6) is 0 Å². The molecule has 0 aliphatic carbocycles. The van der Waals surface area contributed by atoms with Crippen LogP contribution in [0.2, 0.25) is 5.02 Å². The second kappa shape index (κ2) is 7.15. The quantitative estimate of drug-likeness (QED) is 0.848. The fraction of sp³-hybridized carbons (Fsp3) is 0.176. The van der Waals surface area contributed by atoms with Crippen LogP contribution in [0.4, 0.5) is 17.1 Å². The van der Waals surface area contributed by atoms with Crippen LogP contribution < -0.4 is 15.5 Å². The van der Waals surface area contributed by atoms with Gasteiger partial charge in [0, 0.05) is 36.2 Å². The van der Waals surface area contributed by atoms with Gasteiger partial charge in [0.2, 0.25) is 0 Å². The Morgan fingerprint density at radius 3 is 2.17 bits per heavy atom. The van der Waals surface area contributed by atoms with Crippen molar-refractivity contribution in [1.82, 2.24) is 0 Å². The van der Waals surface area contributed by atoms with Gasteiger partial charge in [0.1, 0.15) is 0 Å². The second-order valence-electron chi connectivity index (χ2n) is 5.31. The van der Waals surface area contributed by atoms with E-state index in [9.17, 15) is 9.59 Å². The van der Waals surface area contributed by atoms with Crippen molar-refractivity contribution in [1.29, 1.82) is 0 Å². The van der Waals surface area contributed by atoms with E-state index in [1.807, 2.05) is 38.1 Å². The van der Waals surface area contributed by atoms with Crippen LogP contribution in [-0.2, 0) is 9.59 Å². The molecule has 0 aliphatic rings. The van der Waals surface area contributed by atoms with Crippen molar-refractivity contribution in [3.05, 3.63) is 53.1 Å². The van der Waals surface area contributed by atoms with Gasteiger partial charge in [-0.1, -0.05) is 17.7 Å². The van der Waals surface area contributed by atoms with Crippen LogP contribution >= 0.6 is 11.6 Å². The normalized spacial score (nSPS) is 10.1. The van der Waals surface area contributed by atoms with E-state index in [0.29, 0.717) is 16.4 Å². The minimum atomic E-state index is -0.743. The van der Waals surface area contributed by atoms with Gasteiger partial charge in [-0.05, 0) is 48.9 Å². The molecule has 2 aromatic rings. The van der Waals surface area contributed by atoms with Gasteiger partial charge in [-0.3, -0.25) is 9.59 Å². The van der Waals surface area contributed by atoms with Crippen molar-refractivity contribution < 1.29 is 9.59 Å². The monoisotopic (exact) mass is 331 g/mol. The maximum atomic E-state index is 12.0. The standard InChI is InChI=1S/C17H18ClN3O2/c1-11-4-5-12(18)10-15(11)20-17(23)16(22)19-13-6-8-14(9-7-13)21(2)3/h4-10H,1-3H3,(H,19,22)(H,20,23). The van der Waals surface area contributed by atoms with E-state index in [1.54, 1.807) is 30.3 Å². The first-order valence-corrected chi connectivity index (χ1v) is 7.40. The van der Waals surface area contributed by atoms with Crippen molar-refractivity contribution in [2.24, 2.45) is 0 Å². The van der Waals surface area contributed by atoms with Crippen LogP contribution in [-0.4, -0.2) is 25.9 Å². The second-order valence-corrected chi connectivity index (χ2v) is 5.75. The highest BCUT2D eigenvalue weighted by Gasteiger charge is 2.15. The fourth-order valence-corrected chi connectivity index (χ4v) is 2.11. The highest BCUT2D eigenvalue weighted by Crippen LogP contribution is 2.20. The lowest BCUT2D eigenvalue weighted by molar-refractivity contribution is -0.133. The molecule has 0 aromatic heterocycles. The van der Waals surface area contributed by atoms with Crippen LogP contribution in [0.15, 0.2) is 42.5 Å². The first-order chi connectivity index (χ1) is 10.9. The Morgan fingerprint density at radius 2 is 1.57 bits per heavy atom. The summed E-state index contributed by atoms with van der Waals surface area (Å²) in [6.07, 6.45) is 0. The third-order valence-electron chi connectivity index (χ3n) is 3.30. The Balaban J connectivity index is 2.02. The molecular weight excluding hydrogens is 314 g/mol. The predicted molar refractivity (Wildman–Crippen MR) is 94.2 cm³/mol. The number of nitrogens with zero attached hydrogens (tertiary/aromatic N) is 1. The number of benzene rings is 2. The number of nitrogens with one attached hydrogen (secondary N) is 2. The summed E-state index contributed by atoms with van der Waals surface area (Å²) in [6, 6.07) is 12.3. The van der Waals surface area contributed by atoms with Gasteiger partial charge in [0.15, 0.2) is 0 Å². The number of hydrogen-bond acceptors (Lipinski definition) is 3. The molecule has 0 fully saturated rings. The molecule has 0 heterocycles. The average molecular weight is 332 g/mol. The van der Waals surface area contributed by atoms with Gasteiger partial charge in [0.05, 0.1) is 0 Å². The van der Waals surface area contributed by atoms with E-state index in [4.69, 9.17) is 11.6 Å². The maximum absolute atomic E-state index is 12.0. The van der Waals surface area contributed by atoms with E-state index < -0.39 is 11.8 Å². The number of amides is 2. The number of carbonyl (C=O) groups is 2. The summed E-state index contributed by atoms with van der Waals surface area (Å²) >= 11 is 5.89. The van der Waals surface area contributed by atoms with Crippen molar-refractivity contribution in [3.63, 3.8) is 0 Å². The summed E-state index contributed by atoms with van der Waals surface area (Å²) in [6.45, 7) is 1.82. The molecule has 0 saturated carbocycles. The van der Waals surface area contributed by atoms with Gasteiger partial charge in [0.25, 0.3) is 0 Å². The largest absolute Gasteiger partial charge is 0.378 e. The van der Waals surface area contributed by atoms with Crippen LogP contribution in [0.1, 0.15) is 5.56 Å². The average Bonchev–Trinajstić information content (AvgIpc) is 2.51. The van der Waals surface area contributed by atoms with E-state index in [0.717, 1.165) is 11.3 Å². The lowest BCUT2D eigenvalue weighted by Crippen LogP contribution is -2.29. The smallest absolute Gasteiger partial charge is 0.314 e. The summed E-state index contributed by atoms with van der Waals surface area (Å²) in [5.41, 5.74) is 2.90. The Labute approximate surface area is 140 Å². The van der Waals surface area contributed by atoms with Crippen LogP contribution in [0, 0.1) is 6.92 Å². The molecule has 2 rings (SSSR count). The van der Waals surface area contributed by atoms with Crippen molar-refractivity contribution in [2.45, 2.75) is 6.92 Å².